The summed E-state index contributed by atoms with van der Waals surface area (Å²) in [6.07, 6.45) is 5.14. The zero-order valence-electron chi connectivity index (χ0n) is 10.0. The lowest BCUT2D eigenvalue weighted by molar-refractivity contribution is -0.122. The SMILES string of the molecule is CCn1nccc1CNC(=O)Cn1cc(Br)cn1. The van der Waals surface area contributed by atoms with E-state index in [1.807, 2.05) is 17.7 Å². The van der Waals surface area contributed by atoms with Gasteiger partial charge in [-0.05, 0) is 28.9 Å². The van der Waals surface area contributed by atoms with Gasteiger partial charge in [0, 0.05) is 18.9 Å². The maximum Gasteiger partial charge on any atom is 0.242 e. The highest BCUT2D eigenvalue weighted by Crippen LogP contribution is 2.05. The molecule has 0 saturated heterocycles. The van der Waals surface area contributed by atoms with Crippen LogP contribution in [-0.4, -0.2) is 25.5 Å². The molecule has 0 radical (unpaired) electrons. The number of nitrogens with one attached hydrogen (secondary N) is 1. The van der Waals surface area contributed by atoms with Gasteiger partial charge in [-0.25, -0.2) is 0 Å². The smallest absolute Gasteiger partial charge is 0.242 e. The highest BCUT2D eigenvalue weighted by Gasteiger charge is 2.06. The molecule has 0 saturated carbocycles. The standard InChI is InChI=1S/C11H14BrN5O/c1-2-17-10(3-4-14-17)6-13-11(18)8-16-7-9(12)5-15-16/h3-5,7H,2,6,8H2,1H3,(H,13,18). The van der Waals surface area contributed by atoms with Gasteiger partial charge in [-0.3, -0.25) is 14.2 Å². The number of halogens is 1. The van der Waals surface area contributed by atoms with Gasteiger partial charge in [-0.2, -0.15) is 10.2 Å². The normalized spacial score (nSPS) is 10.6. The van der Waals surface area contributed by atoms with E-state index in [-0.39, 0.29) is 12.5 Å². The molecule has 18 heavy (non-hydrogen) atoms. The summed E-state index contributed by atoms with van der Waals surface area (Å²) < 4.78 is 4.29. The minimum atomic E-state index is -0.0746. The summed E-state index contributed by atoms with van der Waals surface area (Å²) in [5, 5.41) is 11.0. The van der Waals surface area contributed by atoms with E-state index in [9.17, 15) is 4.79 Å². The molecule has 0 unspecified atom stereocenters. The Morgan fingerprint density at radius 3 is 3.00 bits per heavy atom. The third-order valence-corrected chi connectivity index (χ3v) is 2.89. The quantitative estimate of drug-likeness (QED) is 0.901. The molecule has 0 aliphatic rings. The molecule has 7 heteroatoms. The van der Waals surface area contributed by atoms with Crippen molar-refractivity contribution in [3.8, 4) is 0 Å². The van der Waals surface area contributed by atoms with Crippen molar-refractivity contribution in [2.24, 2.45) is 0 Å². The fourth-order valence-corrected chi connectivity index (χ4v) is 1.94. The molecule has 0 aliphatic heterocycles. The zero-order valence-corrected chi connectivity index (χ0v) is 11.6. The molecule has 2 aromatic rings. The van der Waals surface area contributed by atoms with E-state index < -0.39 is 0 Å². The predicted octanol–water partition coefficient (Wildman–Crippen LogP) is 1.18. The van der Waals surface area contributed by atoms with E-state index in [2.05, 4.69) is 31.4 Å². The second-order valence-corrected chi connectivity index (χ2v) is 4.69. The van der Waals surface area contributed by atoms with E-state index in [1.165, 1.54) is 0 Å². The summed E-state index contributed by atoms with van der Waals surface area (Å²) in [7, 11) is 0. The zero-order chi connectivity index (χ0) is 13.0. The van der Waals surface area contributed by atoms with Gasteiger partial charge in [0.15, 0.2) is 0 Å². The van der Waals surface area contributed by atoms with Crippen molar-refractivity contribution < 1.29 is 4.79 Å². The fourth-order valence-electron chi connectivity index (χ4n) is 1.61. The van der Waals surface area contributed by atoms with Gasteiger partial charge in [-0.15, -0.1) is 0 Å². The highest BCUT2D eigenvalue weighted by atomic mass is 79.9. The number of aryl methyl sites for hydroxylation is 1. The highest BCUT2D eigenvalue weighted by molar-refractivity contribution is 9.10. The number of rotatable bonds is 5. The lowest BCUT2D eigenvalue weighted by Gasteiger charge is -2.07. The Labute approximate surface area is 113 Å². The number of hydrogen-bond donors (Lipinski definition) is 1. The average molecular weight is 312 g/mol. The molecule has 0 spiro atoms. The summed E-state index contributed by atoms with van der Waals surface area (Å²) in [6.45, 7) is 3.50. The molecule has 0 aromatic carbocycles. The van der Waals surface area contributed by atoms with Crippen molar-refractivity contribution in [3.63, 3.8) is 0 Å². The summed E-state index contributed by atoms with van der Waals surface area (Å²) in [5.74, 6) is -0.0746. The van der Waals surface area contributed by atoms with Crippen LogP contribution in [0.1, 0.15) is 12.6 Å². The number of aromatic nitrogens is 4. The lowest BCUT2D eigenvalue weighted by Crippen LogP contribution is -2.28. The van der Waals surface area contributed by atoms with Crippen molar-refractivity contribution in [3.05, 3.63) is 34.8 Å². The Balaban J connectivity index is 1.85. The molecule has 1 amide bonds. The number of amides is 1. The molecule has 96 valence electrons. The Hall–Kier alpha value is -1.63. The van der Waals surface area contributed by atoms with Crippen molar-refractivity contribution in [1.82, 2.24) is 24.9 Å². The molecule has 2 heterocycles. The Kier molecular flexibility index (Phi) is 4.14. The summed E-state index contributed by atoms with van der Waals surface area (Å²) in [5.41, 5.74) is 0.993. The van der Waals surface area contributed by atoms with E-state index >= 15 is 0 Å². The van der Waals surface area contributed by atoms with Crippen LogP contribution in [0.15, 0.2) is 29.1 Å². The monoisotopic (exact) mass is 311 g/mol. The van der Waals surface area contributed by atoms with Crippen LogP contribution in [0.4, 0.5) is 0 Å². The lowest BCUT2D eigenvalue weighted by atomic mass is 10.4. The van der Waals surface area contributed by atoms with Gasteiger partial charge in [0.05, 0.1) is 22.9 Å². The van der Waals surface area contributed by atoms with Crippen molar-refractivity contribution in [1.29, 1.82) is 0 Å². The summed E-state index contributed by atoms with van der Waals surface area (Å²) >= 11 is 3.28. The van der Waals surface area contributed by atoms with E-state index in [4.69, 9.17) is 0 Å². The van der Waals surface area contributed by atoms with Crippen LogP contribution in [0.2, 0.25) is 0 Å². The van der Waals surface area contributed by atoms with Crippen LogP contribution in [0.3, 0.4) is 0 Å². The molecule has 6 nitrogen and oxygen atoms in total. The average Bonchev–Trinajstić information content (AvgIpc) is 2.95. The third kappa shape index (κ3) is 3.19. The first-order chi connectivity index (χ1) is 8.69. The Morgan fingerprint density at radius 2 is 2.33 bits per heavy atom. The second-order valence-electron chi connectivity index (χ2n) is 3.77. The third-order valence-electron chi connectivity index (χ3n) is 2.48. The van der Waals surface area contributed by atoms with Crippen LogP contribution in [0.5, 0.6) is 0 Å². The summed E-state index contributed by atoms with van der Waals surface area (Å²) in [4.78, 5) is 11.7. The van der Waals surface area contributed by atoms with Crippen LogP contribution >= 0.6 is 15.9 Å². The van der Waals surface area contributed by atoms with Crippen molar-refractivity contribution in [2.45, 2.75) is 26.6 Å². The maximum atomic E-state index is 11.7. The molecule has 0 atom stereocenters. The molecule has 2 aromatic heterocycles. The van der Waals surface area contributed by atoms with Crippen LogP contribution in [0.25, 0.3) is 0 Å². The van der Waals surface area contributed by atoms with Gasteiger partial charge in [0.1, 0.15) is 6.54 Å². The second kappa shape index (κ2) is 5.81. The topological polar surface area (TPSA) is 64.7 Å². The van der Waals surface area contributed by atoms with Gasteiger partial charge in [-0.1, -0.05) is 0 Å². The largest absolute Gasteiger partial charge is 0.349 e. The minimum Gasteiger partial charge on any atom is -0.349 e. The van der Waals surface area contributed by atoms with Crippen molar-refractivity contribution >= 4 is 21.8 Å². The number of hydrogen-bond acceptors (Lipinski definition) is 3. The molecule has 1 N–H and O–H groups in total. The first-order valence-corrected chi connectivity index (χ1v) is 6.43. The first-order valence-electron chi connectivity index (χ1n) is 5.64. The van der Waals surface area contributed by atoms with Crippen LogP contribution in [0, 0.1) is 0 Å². The predicted molar refractivity (Wildman–Crippen MR) is 69.7 cm³/mol. The number of nitrogens with zero attached hydrogens (tertiary/aromatic N) is 4. The van der Waals surface area contributed by atoms with E-state index in [0.717, 1.165) is 16.7 Å². The molecule has 0 aliphatic carbocycles. The molecular weight excluding hydrogens is 298 g/mol. The number of carbonyl (C=O) groups is 1. The number of carbonyl (C=O) groups excluding carboxylic acids is 1. The molecular formula is C11H14BrN5O. The van der Waals surface area contributed by atoms with Gasteiger partial charge in [0.25, 0.3) is 0 Å². The van der Waals surface area contributed by atoms with Gasteiger partial charge < -0.3 is 5.32 Å². The van der Waals surface area contributed by atoms with Gasteiger partial charge in [0.2, 0.25) is 5.91 Å². The molecule has 0 fully saturated rings. The minimum absolute atomic E-state index is 0.0746. The van der Waals surface area contributed by atoms with Crippen LogP contribution in [-0.2, 0) is 24.4 Å². The first kappa shape index (κ1) is 12.8. The molecule has 2 rings (SSSR count). The van der Waals surface area contributed by atoms with Crippen LogP contribution < -0.4 is 5.32 Å². The fraction of sp³-hybridized carbons (Fsp3) is 0.364. The van der Waals surface area contributed by atoms with Gasteiger partial charge >= 0.3 is 0 Å². The van der Waals surface area contributed by atoms with Crippen molar-refractivity contribution in [2.75, 3.05) is 0 Å². The summed E-state index contributed by atoms with van der Waals surface area (Å²) in [6, 6.07) is 1.90. The van der Waals surface area contributed by atoms with E-state index in [0.29, 0.717) is 6.54 Å². The maximum absolute atomic E-state index is 11.7. The molecule has 0 bridgehead atoms. The Bertz CT molecular complexity index is 533. The van der Waals surface area contributed by atoms with E-state index in [1.54, 1.807) is 23.3 Å². The Morgan fingerprint density at radius 1 is 1.50 bits per heavy atom.